The molecular weight excluding hydrogens is 353 g/mol. The van der Waals surface area contributed by atoms with Gasteiger partial charge < -0.3 is 5.73 Å². The van der Waals surface area contributed by atoms with E-state index in [1.54, 1.807) is 6.92 Å². The van der Waals surface area contributed by atoms with Crippen LogP contribution in [0.15, 0.2) is 22.4 Å². The standard InChI is InChI=1S/C12H13Cl2N3O2S2/c1-6-5-20-12(16-6)7(2)17-21(18,19)9-4-3-8(13)11(15)10(9)14/h3-5,7,17H,15H2,1-2H3. The highest BCUT2D eigenvalue weighted by atomic mass is 35.5. The summed E-state index contributed by atoms with van der Waals surface area (Å²) in [6, 6.07) is 2.25. The topological polar surface area (TPSA) is 85.1 Å². The Morgan fingerprint density at radius 2 is 2.05 bits per heavy atom. The largest absolute Gasteiger partial charge is 0.396 e. The summed E-state index contributed by atoms with van der Waals surface area (Å²) in [6.07, 6.45) is 0. The first-order chi connectivity index (χ1) is 9.72. The van der Waals surface area contributed by atoms with E-state index in [-0.39, 0.29) is 20.6 Å². The highest BCUT2D eigenvalue weighted by Crippen LogP contribution is 2.33. The molecule has 3 N–H and O–H groups in total. The van der Waals surface area contributed by atoms with E-state index in [1.165, 1.54) is 23.5 Å². The van der Waals surface area contributed by atoms with Crippen molar-refractivity contribution in [3.05, 3.63) is 38.3 Å². The molecule has 2 rings (SSSR count). The fourth-order valence-corrected chi connectivity index (χ4v) is 4.53. The summed E-state index contributed by atoms with van der Waals surface area (Å²) in [7, 11) is -3.82. The van der Waals surface area contributed by atoms with Crippen LogP contribution in [0.1, 0.15) is 23.7 Å². The van der Waals surface area contributed by atoms with Crippen molar-refractivity contribution >= 4 is 50.2 Å². The fraction of sp³-hybridized carbons (Fsp3) is 0.250. The van der Waals surface area contributed by atoms with Crippen molar-refractivity contribution < 1.29 is 8.42 Å². The molecule has 0 aliphatic carbocycles. The molecule has 0 saturated carbocycles. The van der Waals surface area contributed by atoms with Gasteiger partial charge in [0.15, 0.2) is 0 Å². The Balaban J connectivity index is 2.33. The zero-order chi connectivity index (χ0) is 15.8. The van der Waals surface area contributed by atoms with E-state index in [0.717, 1.165) is 5.69 Å². The van der Waals surface area contributed by atoms with Crippen molar-refractivity contribution in [2.75, 3.05) is 5.73 Å². The Morgan fingerprint density at radius 1 is 1.38 bits per heavy atom. The average Bonchev–Trinajstić information content (AvgIpc) is 2.82. The number of benzene rings is 1. The summed E-state index contributed by atoms with van der Waals surface area (Å²) in [6.45, 7) is 3.56. The van der Waals surface area contributed by atoms with Crippen molar-refractivity contribution in [2.24, 2.45) is 0 Å². The molecule has 0 fully saturated rings. The first-order valence-electron chi connectivity index (χ1n) is 5.90. The number of hydrogen-bond donors (Lipinski definition) is 2. The van der Waals surface area contributed by atoms with Crippen LogP contribution in [0.25, 0.3) is 0 Å². The van der Waals surface area contributed by atoms with Gasteiger partial charge in [0.1, 0.15) is 9.90 Å². The van der Waals surface area contributed by atoms with Crippen molar-refractivity contribution in [1.82, 2.24) is 9.71 Å². The minimum absolute atomic E-state index is 0.0407. The predicted octanol–water partition coefficient (Wildman–Crippen LogP) is 3.38. The third-order valence-corrected chi connectivity index (χ3v) is 6.30. The highest BCUT2D eigenvalue weighted by molar-refractivity contribution is 7.89. The second-order valence-corrected chi connectivity index (χ2v) is 7.80. The van der Waals surface area contributed by atoms with E-state index < -0.39 is 16.1 Å². The number of rotatable bonds is 4. The number of halogens is 2. The normalized spacial score (nSPS) is 13.3. The number of nitrogens with two attached hydrogens (primary N) is 1. The lowest BCUT2D eigenvalue weighted by molar-refractivity contribution is 0.566. The maximum absolute atomic E-state index is 12.4. The first kappa shape index (κ1) is 16.5. The van der Waals surface area contributed by atoms with Gasteiger partial charge in [-0.3, -0.25) is 0 Å². The predicted molar refractivity (Wildman–Crippen MR) is 86.5 cm³/mol. The SMILES string of the molecule is Cc1csc(C(C)NS(=O)(=O)c2ccc(Cl)c(N)c2Cl)n1. The van der Waals surface area contributed by atoms with Crippen LogP contribution in [0.4, 0.5) is 5.69 Å². The van der Waals surface area contributed by atoms with Crippen molar-refractivity contribution in [3.63, 3.8) is 0 Å². The van der Waals surface area contributed by atoms with Crippen LogP contribution in [0.5, 0.6) is 0 Å². The summed E-state index contributed by atoms with van der Waals surface area (Å²) < 4.78 is 27.3. The average molecular weight is 366 g/mol. The van der Waals surface area contributed by atoms with Gasteiger partial charge in [-0.05, 0) is 26.0 Å². The monoisotopic (exact) mass is 365 g/mol. The lowest BCUT2D eigenvalue weighted by atomic mass is 10.3. The molecule has 0 aliphatic rings. The minimum Gasteiger partial charge on any atom is -0.396 e. The molecule has 0 amide bonds. The van der Waals surface area contributed by atoms with Crippen molar-refractivity contribution in [2.45, 2.75) is 24.8 Å². The van der Waals surface area contributed by atoms with Gasteiger partial charge >= 0.3 is 0 Å². The number of nitrogens with one attached hydrogen (secondary N) is 1. The van der Waals surface area contributed by atoms with Crippen LogP contribution in [0.3, 0.4) is 0 Å². The van der Waals surface area contributed by atoms with Gasteiger partial charge in [-0.2, -0.15) is 0 Å². The van der Waals surface area contributed by atoms with E-state index in [0.29, 0.717) is 5.01 Å². The molecular formula is C12H13Cl2N3O2S2. The number of sulfonamides is 1. The Morgan fingerprint density at radius 3 is 2.62 bits per heavy atom. The summed E-state index contributed by atoms with van der Waals surface area (Å²) in [4.78, 5) is 4.15. The highest BCUT2D eigenvalue weighted by Gasteiger charge is 2.24. The number of nitrogen functional groups attached to an aromatic ring is 1. The van der Waals surface area contributed by atoms with Gasteiger partial charge in [-0.25, -0.2) is 18.1 Å². The fourth-order valence-electron chi connectivity index (χ4n) is 1.67. The van der Waals surface area contributed by atoms with E-state index in [4.69, 9.17) is 28.9 Å². The molecule has 114 valence electrons. The lowest BCUT2D eigenvalue weighted by Crippen LogP contribution is -2.27. The van der Waals surface area contributed by atoms with Crippen LogP contribution in [0, 0.1) is 6.92 Å². The van der Waals surface area contributed by atoms with Crippen LogP contribution in [-0.4, -0.2) is 13.4 Å². The molecule has 0 bridgehead atoms. The summed E-state index contributed by atoms with van der Waals surface area (Å²) in [5.74, 6) is 0. The molecule has 1 aromatic heterocycles. The van der Waals surface area contributed by atoms with E-state index in [2.05, 4.69) is 9.71 Å². The number of aryl methyl sites for hydroxylation is 1. The molecule has 0 saturated heterocycles. The zero-order valence-electron chi connectivity index (χ0n) is 11.2. The maximum atomic E-state index is 12.4. The Bertz CT molecular complexity index is 775. The zero-order valence-corrected chi connectivity index (χ0v) is 14.4. The van der Waals surface area contributed by atoms with Crippen molar-refractivity contribution in [1.29, 1.82) is 0 Å². The van der Waals surface area contributed by atoms with E-state index >= 15 is 0 Å². The summed E-state index contributed by atoms with van der Waals surface area (Å²) in [5, 5.41) is 2.65. The smallest absolute Gasteiger partial charge is 0.242 e. The molecule has 1 heterocycles. The summed E-state index contributed by atoms with van der Waals surface area (Å²) >= 11 is 13.2. The number of anilines is 1. The van der Waals surface area contributed by atoms with Gasteiger partial charge in [0, 0.05) is 11.1 Å². The van der Waals surface area contributed by atoms with Gasteiger partial charge in [-0.1, -0.05) is 23.2 Å². The van der Waals surface area contributed by atoms with Crippen LogP contribution in [-0.2, 0) is 10.0 Å². The van der Waals surface area contributed by atoms with Crippen LogP contribution >= 0.6 is 34.5 Å². The third-order valence-electron chi connectivity index (χ3n) is 2.72. The van der Waals surface area contributed by atoms with E-state index in [1.807, 2.05) is 12.3 Å². The second kappa shape index (κ2) is 6.10. The third kappa shape index (κ3) is 3.49. The first-order valence-corrected chi connectivity index (χ1v) is 9.02. The van der Waals surface area contributed by atoms with Gasteiger partial charge in [0.2, 0.25) is 10.0 Å². The van der Waals surface area contributed by atoms with Gasteiger partial charge in [-0.15, -0.1) is 11.3 Å². The number of nitrogens with zero attached hydrogens (tertiary/aromatic N) is 1. The summed E-state index contributed by atoms with van der Waals surface area (Å²) in [5.41, 5.74) is 6.54. The molecule has 5 nitrogen and oxygen atoms in total. The second-order valence-electron chi connectivity index (χ2n) is 4.44. The van der Waals surface area contributed by atoms with Gasteiger partial charge in [0.05, 0.1) is 21.8 Å². The van der Waals surface area contributed by atoms with E-state index in [9.17, 15) is 8.42 Å². The Labute approximate surface area is 137 Å². The van der Waals surface area contributed by atoms with Crippen molar-refractivity contribution in [3.8, 4) is 0 Å². The lowest BCUT2D eigenvalue weighted by Gasteiger charge is -2.14. The molecule has 1 atom stereocenters. The molecule has 2 aromatic rings. The quantitative estimate of drug-likeness (QED) is 0.813. The molecule has 0 aliphatic heterocycles. The molecule has 1 aromatic carbocycles. The number of aromatic nitrogens is 1. The minimum atomic E-state index is -3.82. The molecule has 9 heteroatoms. The Hall–Kier alpha value is -0.860. The number of hydrogen-bond acceptors (Lipinski definition) is 5. The molecule has 1 unspecified atom stereocenters. The van der Waals surface area contributed by atoms with Gasteiger partial charge in [0.25, 0.3) is 0 Å². The van der Waals surface area contributed by atoms with Crippen LogP contribution < -0.4 is 10.5 Å². The molecule has 0 radical (unpaired) electrons. The maximum Gasteiger partial charge on any atom is 0.242 e. The molecule has 0 spiro atoms. The number of thiazole rings is 1. The molecule has 21 heavy (non-hydrogen) atoms. The Kier molecular flexibility index (Phi) is 4.79. The van der Waals surface area contributed by atoms with Crippen LogP contribution in [0.2, 0.25) is 10.0 Å².